The Kier molecular flexibility index (Phi) is 10.0. The number of carbonyl (C=O) groups excluding carboxylic acids is 4. The van der Waals surface area contributed by atoms with Crippen LogP contribution >= 0.6 is 11.8 Å². The molecule has 13 heteroatoms. The smallest absolute Gasteiger partial charge is 0.416 e. The molecule has 3 aliphatic rings. The molecule has 0 aromatic heterocycles. The van der Waals surface area contributed by atoms with Gasteiger partial charge in [0.1, 0.15) is 22.7 Å². The number of halogens is 3. The number of fused-ring (bicyclic) bond motifs is 1. The number of nitrogens with zero attached hydrogens (tertiary/aromatic N) is 2. The molecule has 1 N–H and O–H groups in total. The molecule has 0 radical (unpaired) electrons. The van der Waals surface area contributed by atoms with E-state index < -0.39 is 52.8 Å². The van der Waals surface area contributed by atoms with Gasteiger partial charge in [0.15, 0.2) is 6.10 Å². The summed E-state index contributed by atoms with van der Waals surface area (Å²) in [6.07, 6.45) is -4.11. The van der Waals surface area contributed by atoms with Crippen LogP contribution in [0.15, 0.2) is 108 Å². The van der Waals surface area contributed by atoms with Gasteiger partial charge in [-0.3, -0.25) is 14.5 Å². The maximum absolute atomic E-state index is 14.3. The summed E-state index contributed by atoms with van der Waals surface area (Å²) in [6.45, 7) is 5.55. The van der Waals surface area contributed by atoms with E-state index in [1.165, 1.54) is 33.7 Å². The quantitative estimate of drug-likeness (QED) is 0.156. The Morgan fingerprint density at radius 2 is 1.55 bits per heavy atom. The third-order valence-corrected chi connectivity index (χ3v) is 9.81. The zero-order valence-corrected chi connectivity index (χ0v) is 28.9. The molecule has 6 rings (SSSR count). The van der Waals surface area contributed by atoms with Crippen LogP contribution in [0.5, 0.6) is 0 Å². The molecule has 0 bridgehead atoms. The summed E-state index contributed by atoms with van der Waals surface area (Å²) in [5.74, 6) is -1.41. The van der Waals surface area contributed by atoms with E-state index in [0.717, 1.165) is 12.1 Å². The Morgan fingerprint density at radius 1 is 0.941 bits per heavy atom. The van der Waals surface area contributed by atoms with Crippen molar-refractivity contribution >= 4 is 35.6 Å². The van der Waals surface area contributed by atoms with Crippen LogP contribution < -0.4 is 5.32 Å². The summed E-state index contributed by atoms with van der Waals surface area (Å²) >= 11 is 1.32. The molecule has 3 aromatic rings. The second-order valence-electron chi connectivity index (χ2n) is 13.4. The van der Waals surface area contributed by atoms with Gasteiger partial charge in [-0.1, -0.05) is 72.8 Å². The van der Waals surface area contributed by atoms with E-state index in [9.17, 15) is 32.3 Å². The number of nitrogens with one attached hydrogen (secondary N) is 1. The molecule has 0 aliphatic carbocycles. The van der Waals surface area contributed by atoms with Crippen LogP contribution in [0.25, 0.3) is 0 Å². The zero-order chi connectivity index (χ0) is 36.5. The monoisotopic (exact) mass is 719 g/mol. The van der Waals surface area contributed by atoms with Crippen LogP contribution in [0.2, 0.25) is 0 Å². The second-order valence-corrected chi connectivity index (χ2v) is 14.5. The van der Waals surface area contributed by atoms with Gasteiger partial charge in [-0.25, -0.2) is 9.59 Å². The van der Waals surface area contributed by atoms with E-state index in [1.807, 2.05) is 60.7 Å². The Hall–Kier alpha value is -5.04. The number of thioether (sulfide) groups is 1. The lowest BCUT2D eigenvalue weighted by Crippen LogP contribution is -2.70. The Labute approximate surface area is 297 Å². The van der Waals surface area contributed by atoms with Gasteiger partial charge in [-0.05, 0) is 67.7 Å². The lowest BCUT2D eigenvalue weighted by Gasteiger charge is -2.49. The van der Waals surface area contributed by atoms with Crippen LogP contribution in [0, 0.1) is 0 Å². The summed E-state index contributed by atoms with van der Waals surface area (Å²) in [5.41, 5.74) is 1.18. The normalized spacial score (nSPS) is 20.0. The van der Waals surface area contributed by atoms with Crippen LogP contribution in [0.3, 0.4) is 0 Å². The molecular formula is C38H36F3N3O6S. The molecule has 0 saturated carbocycles. The number of allylic oxidation sites excluding steroid dienone is 1. The highest BCUT2D eigenvalue weighted by molar-refractivity contribution is 8.00. The number of β-lactam (4-membered cyclic amide) rings is 1. The van der Waals surface area contributed by atoms with E-state index in [1.54, 1.807) is 26.8 Å². The molecule has 3 aromatic carbocycles. The van der Waals surface area contributed by atoms with Crippen molar-refractivity contribution in [1.82, 2.24) is 15.1 Å². The SMILES string of the molecule is CC(C)(C)OC(=O)N[C@@H]1C(=O)N2C(C(=O)OC(c3ccccc3)c3ccccc3)=C(/C=C3\CCN(Cc4ccc(C(F)(F)F)cc4)C3=O)CS[C@H]12. The standard InChI is InChI=1S/C38H36F3N3O6S/c1-37(2,3)50-36(48)42-29-33(46)44-30(35(47)49-31(24-10-6-4-7-11-24)25-12-8-5-9-13-25)27(22-51-34(29)44)20-26-18-19-43(32(26)45)21-23-14-16-28(17-15-23)38(39,40)41/h4-17,20,29,31,34H,18-19,21-22H2,1-3H3,(H,42,48)/b26-20+/t29-,34-/m1/s1. The van der Waals surface area contributed by atoms with Crippen molar-refractivity contribution < 1.29 is 41.8 Å². The second kappa shape index (κ2) is 14.3. The maximum Gasteiger partial charge on any atom is 0.416 e. The molecule has 9 nitrogen and oxygen atoms in total. The predicted octanol–water partition coefficient (Wildman–Crippen LogP) is 6.76. The lowest BCUT2D eigenvalue weighted by atomic mass is 10.00. The fourth-order valence-corrected chi connectivity index (χ4v) is 7.41. The van der Waals surface area contributed by atoms with Crippen molar-refractivity contribution in [2.45, 2.75) is 63.0 Å². The summed E-state index contributed by atoms with van der Waals surface area (Å²) in [6, 6.07) is 22.1. The van der Waals surface area contributed by atoms with Crippen molar-refractivity contribution in [2.24, 2.45) is 0 Å². The number of esters is 1. The molecule has 51 heavy (non-hydrogen) atoms. The number of carbonyl (C=O) groups is 4. The van der Waals surface area contributed by atoms with Crippen LogP contribution in [-0.2, 0) is 36.6 Å². The van der Waals surface area contributed by atoms with Crippen LogP contribution in [-0.4, -0.2) is 63.0 Å². The van der Waals surface area contributed by atoms with E-state index >= 15 is 0 Å². The minimum absolute atomic E-state index is 0.0238. The van der Waals surface area contributed by atoms with Gasteiger partial charge >= 0.3 is 18.2 Å². The number of rotatable bonds is 8. The first-order valence-electron chi connectivity index (χ1n) is 16.3. The van der Waals surface area contributed by atoms with Gasteiger partial charge in [0.25, 0.3) is 5.91 Å². The summed E-state index contributed by atoms with van der Waals surface area (Å²) in [5, 5.41) is 2.00. The Balaban J connectivity index is 1.30. The molecular weight excluding hydrogens is 683 g/mol. The maximum atomic E-state index is 14.3. The molecule has 0 spiro atoms. The van der Waals surface area contributed by atoms with Gasteiger partial charge in [-0.15, -0.1) is 11.8 Å². The number of benzene rings is 3. The zero-order valence-electron chi connectivity index (χ0n) is 28.1. The van der Waals surface area contributed by atoms with E-state index in [2.05, 4.69) is 5.32 Å². The first-order valence-corrected chi connectivity index (χ1v) is 17.4. The number of alkyl carbamates (subject to hydrolysis) is 1. The Bertz CT molecular complexity index is 1830. The number of likely N-dealkylation sites (tertiary alicyclic amines) is 1. The van der Waals surface area contributed by atoms with Crippen molar-refractivity contribution in [3.8, 4) is 0 Å². The summed E-state index contributed by atoms with van der Waals surface area (Å²) < 4.78 is 50.7. The third-order valence-electron chi connectivity index (χ3n) is 8.51. The van der Waals surface area contributed by atoms with E-state index in [4.69, 9.17) is 9.47 Å². The van der Waals surface area contributed by atoms with Crippen molar-refractivity contribution in [3.63, 3.8) is 0 Å². The first kappa shape index (κ1) is 35.8. The molecule has 2 fully saturated rings. The highest BCUT2D eigenvalue weighted by atomic mass is 32.2. The number of hydrogen-bond donors (Lipinski definition) is 1. The minimum Gasteiger partial charge on any atom is -0.448 e. The molecule has 3 heterocycles. The fraction of sp³-hybridized carbons (Fsp3) is 0.316. The number of ether oxygens (including phenoxy) is 2. The molecule has 2 atom stereocenters. The third kappa shape index (κ3) is 7.98. The first-order chi connectivity index (χ1) is 24.2. The molecule has 266 valence electrons. The number of amides is 3. The summed E-state index contributed by atoms with van der Waals surface area (Å²) in [7, 11) is 0. The average Bonchev–Trinajstić information content (AvgIpc) is 3.43. The highest BCUT2D eigenvalue weighted by Gasteiger charge is 2.55. The molecule has 3 amide bonds. The van der Waals surface area contributed by atoms with Crippen LogP contribution in [0.4, 0.5) is 18.0 Å². The molecule has 3 aliphatic heterocycles. The van der Waals surface area contributed by atoms with Crippen LogP contribution in [0.1, 0.15) is 55.5 Å². The molecule has 0 unspecified atom stereocenters. The topological polar surface area (TPSA) is 105 Å². The average molecular weight is 720 g/mol. The van der Waals surface area contributed by atoms with E-state index in [-0.39, 0.29) is 23.9 Å². The Morgan fingerprint density at radius 3 is 2.12 bits per heavy atom. The van der Waals surface area contributed by atoms with Crippen molar-refractivity contribution in [2.75, 3.05) is 12.3 Å². The highest BCUT2D eigenvalue weighted by Crippen LogP contribution is 2.43. The largest absolute Gasteiger partial charge is 0.448 e. The lowest BCUT2D eigenvalue weighted by molar-refractivity contribution is -0.153. The van der Waals surface area contributed by atoms with Gasteiger partial charge in [0, 0.05) is 24.4 Å². The number of alkyl halides is 3. The molecule has 2 saturated heterocycles. The predicted molar refractivity (Wildman–Crippen MR) is 184 cm³/mol. The number of hydrogen-bond acceptors (Lipinski definition) is 7. The van der Waals surface area contributed by atoms with Crippen molar-refractivity contribution in [3.05, 3.63) is 130 Å². The van der Waals surface area contributed by atoms with E-state index in [0.29, 0.717) is 40.8 Å². The fourth-order valence-electron chi connectivity index (χ4n) is 6.11. The van der Waals surface area contributed by atoms with Gasteiger partial charge in [-0.2, -0.15) is 13.2 Å². The minimum atomic E-state index is -4.46. The van der Waals surface area contributed by atoms with Gasteiger partial charge in [0.2, 0.25) is 5.91 Å². The van der Waals surface area contributed by atoms with Gasteiger partial charge in [0.05, 0.1) is 5.56 Å². The summed E-state index contributed by atoms with van der Waals surface area (Å²) in [4.78, 5) is 56.9. The van der Waals surface area contributed by atoms with Crippen molar-refractivity contribution in [1.29, 1.82) is 0 Å². The van der Waals surface area contributed by atoms with Gasteiger partial charge < -0.3 is 19.7 Å².